The van der Waals surface area contributed by atoms with Crippen LogP contribution in [0.4, 0.5) is 0 Å². The molecule has 0 amide bonds. The van der Waals surface area contributed by atoms with E-state index in [-0.39, 0.29) is 0 Å². The van der Waals surface area contributed by atoms with Gasteiger partial charge in [-0.1, -0.05) is 72.8 Å². The summed E-state index contributed by atoms with van der Waals surface area (Å²) in [5.74, 6) is 0.734. The zero-order chi connectivity index (χ0) is 22.7. The summed E-state index contributed by atoms with van der Waals surface area (Å²) in [6.07, 6.45) is 4.24. The topological polar surface area (TPSA) is 69.3 Å². The monoisotopic (exact) mass is 458 g/mol. The van der Waals surface area contributed by atoms with E-state index < -0.39 is 10.0 Å². The van der Waals surface area contributed by atoms with Crippen LogP contribution in [-0.2, 0) is 10.0 Å². The maximum absolute atomic E-state index is 13.3. The van der Waals surface area contributed by atoms with Crippen LogP contribution in [0.25, 0.3) is 28.5 Å². The van der Waals surface area contributed by atoms with E-state index in [0.29, 0.717) is 31.1 Å². The van der Waals surface area contributed by atoms with Gasteiger partial charge in [0.2, 0.25) is 10.0 Å². The molecule has 1 N–H and O–H groups in total. The zero-order valence-electron chi connectivity index (χ0n) is 18.3. The summed E-state index contributed by atoms with van der Waals surface area (Å²) in [5.41, 5.74) is 3.61. The highest BCUT2D eigenvalue weighted by Gasteiger charge is 2.28. The van der Waals surface area contributed by atoms with Crippen molar-refractivity contribution in [3.05, 3.63) is 90.5 Å². The van der Waals surface area contributed by atoms with Gasteiger partial charge >= 0.3 is 0 Å². The molecule has 1 aromatic heterocycles. The highest BCUT2D eigenvalue weighted by atomic mass is 32.2. The number of sulfonamides is 1. The number of hydrogen-bond donors (Lipinski definition) is 1. The SMILES string of the molecule is O=S(=O)(c1ccc2nc(-c3ccccc3)[nH]c2c1)N1CCN(C/C=C\c2ccccc2)CC1. The lowest BCUT2D eigenvalue weighted by Gasteiger charge is -2.33. The minimum Gasteiger partial charge on any atom is -0.338 e. The molecule has 2 heterocycles. The minimum atomic E-state index is -3.55. The Balaban J connectivity index is 1.25. The van der Waals surface area contributed by atoms with Crippen molar-refractivity contribution in [2.45, 2.75) is 4.90 Å². The lowest BCUT2D eigenvalue weighted by atomic mass is 10.2. The Morgan fingerprint density at radius 2 is 1.58 bits per heavy atom. The van der Waals surface area contributed by atoms with E-state index in [0.717, 1.165) is 29.0 Å². The molecule has 1 fully saturated rings. The van der Waals surface area contributed by atoms with Crippen molar-refractivity contribution < 1.29 is 8.42 Å². The lowest BCUT2D eigenvalue weighted by molar-refractivity contribution is 0.204. The van der Waals surface area contributed by atoms with Crippen LogP contribution in [0.3, 0.4) is 0 Å². The Morgan fingerprint density at radius 3 is 2.30 bits per heavy atom. The van der Waals surface area contributed by atoms with Crippen LogP contribution in [-0.4, -0.2) is 60.3 Å². The molecule has 0 saturated carbocycles. The molecule has 0 unspecified atom stereocenters. The molecule has 1 saturated heterocycles. The van der Waals surface area contributed by atoms with Crippen molar-refractivity contribution >= 4 is 27.1 Å². The Kier molecular flexibility index (Phi) is 6.09. The molecule has 5 rings (SSSR count). The quantitative estimate of drug-likeness (QED) is 0.469. The number of aromatic nitrogens is 2. The molecule has 0 atom stereocenters. The van der Waals surface area contributed by atoms with Gasteiger partial charge in [0.15, 0.2) is 0 Å². The van der Waals surface area contributed by atoms with E-state index in [1.807, 2.05) is 48.5 Å². The molecule has 6 nitrogen and oxygen atoms in total. The van der Waals surface area contributed by atoms with Gasteiger partial charge < -0.3 is 4.98 Å². The highest BCUT2D eigenvalue weighted by Crippen LogP contribution is 2.25. The van der Waals surface area contributed by atoms with Crippen molar-refractivity contribution in [2.75, 3.05) is 32.7 Å². The summed E-state index contributed by atoms with van der Waals surface area (Å²) >= 11 is 0. The second-order valence-electron chi connectivity index (χ2n) is 8.15. The van der Waals surface area contributed by atoms with Crippen molar-refractivity contribution in [2.24, 2.45) is 0 Å². The average molecular weight is 459 g/mol. The van der Waals surface area contributed by atoms with Gasteiger partial charge in [-0.05, 0) is 23.8 Å². The van der Waals surface area contributed by atoms with Crippen LogP contribution in [0.1, 0.15) is 5.56 Å². The number of benzene rings is 3. The number of imidazole rings is 1. The first-order valence-electron chi connectivity index (χ1n) is 11.1. The maximum atomic E-state index is 13.3. The second-order valence-corrected chi connectivity index (χ2v) is 10.1. The zero-order valence-corrected chi connectivity index (χ0v) is 19.1. The molecule has 1 aliphatic rings. The van der Waals surface area contributed by atoms with Gasteiger partial charge in [0.1, 0.15) is 5.82 Å². The van der Waals surface area contributed by atoms with Crippen molar-refractivity contribution in [3.63, 3.8) is 0 Å². The fraction of sp³-hybridized carbons (Fsp3) is 0.192. The number of fused-ring (bicyclic) bond motifs is 1. The number of hydrogen-bond acceptors (Lipinski definition) is 4. The van der Waals surface area contributed by atoms with Crippen LogP contribution in [0, 0.1) is 0 Å². The summed E-state index contributed by atoms with van der Waals surface area (Å²) < 4.78 is 28.1. The molecular formula is C26H26N4O2S. The van der Waals surface area contributed by atoms with Crippen LogP contribution in [0.2, 0.25) is 0 Å². The molecule has 1 aliphatic heterocycles. The van der Waals surface area contributed by atoms with Gasteiger partial charge in [-0.3, -0.25) is 4.90 Å². The lowest BCUT2D eigenvalue weighted by Crippen LogP contribution is -2.48. The summed E-state index contributed by atoms with van der Waals surface area (Å²) in [6.45, 7) is 3.20. The van der Waals surface area contributed by atoms with E-state index in [9.17, 15) is 8.42 Å². The molecule has 0 bridgehead atoms. The first-order chi connectivity index (χ1) is 16.1. The molecular weight excluding hydrogens is 432 g/mol. The van der Waals surface area contributed by atoms with E-state index in [2.05, 4.69) is 39.2 Å². The summed E-state index contributed by atoms with van der Waals surface area (Å²) in [6, 6.07) is 25.1. The number of nitrogens with one attached hydrogen (secondary N) is 1. The van der Waals surface area contributed by atoms with Gasteiger partial charge in [0.05, 0.1) is 15.9 Å². The van der Waals surface area contributed by atoms with E-state index >= 15 is 0 Å². The van der Waals surface area contributed by atoms with Gasteiger partial charge in [0, 0.05) is 38.3 Å². The standard InChI is InChI=1S/C26H26N4O2S/c31-33(32,30-18-16-29(17-19-30)15-7-10-21-8-3-1-4-9-21)23-13-14-24-25(20-23)28-26(27-24)22-11-5-2-6-12-22/h1-14,20H,15-19H2,(H,27,28)/b10-7-. The number of nitrogens with zero attached hydrogens (tertiary/aromatic N) is 3. The van der Waals surface area contributed by atoms with Gasteiger partial charge in [-0.25, -0.2) is 13.4 Å². The molecule has 3 aromatic carbocycles. The second kappa shape index (κ2) is 9.31. The number of piperazine rings is 1. The van der Waals surface area contributed by atoms with Crippen LogP contribution in [0.5, 0.6) is 0 Å². The molecule has 33 heavy (non-hydrogen) atoms. The van der Waals surface area contributed by atoms with E-state index in [4.69, 9.17) is 0 Å². The van der Waals surface area contributed by atoms with Gasteiger partial charge in [0.25, 0.3) is 0 Å². The summed E-state index contributed by atoms with van der Waals surface area (Å²) in [4.78, 5) is 10.4. The fourth-order valence-corrected chi connectivity index (χ4v) is 5.53. The first kappa shape index (κ1) is 21.6. The maximum Gasteiger partial charge on any atom is 0.243 e. The Hall–Kier alpha value is -3.26. The molecule has 0 aliphatic carbocycles. The number of aromatic amines is 1. The largest absolute Gasteiger partial charge is 0.338 e. The first-order valence-corrected chi connectivity index (χ1v) is 12.5. The van der Waals surface area contributed by atoms with E-state index in [1.54, 1.807) is 22.5 Å². The fourth-order valence-electron chi connectivity index (χ4n) is 4.09. The molecule has 0 spiro atoms. The third-order valence-corrected chi connectivity index (χ3v) is 7.84. The van der Waals surface area contributed by atoms with Gasteiger partial charge in [-0.2, -0.15) is 4.31 Å². The normalized spacial score (nSPS) is 16.0. The molecule has 7 heteroatoms. The van der Waals surface area contributed by atoms with Crippen LogP contribution in [0.15, 0.2) is 89.8 Å². The Bertz CT molecular complexity index is 1360. The smallest absolute Gasteiger partial charge is 0.243 e. The molecule has 0 radical (unpaired) electrons. The molecule has 4 aromatic rings. The van der Waals surface area contributed by atoms with Crippen molar-refractivity contribution in [3.8, 4) is 11.4 Å². The van der Waals surface area contributed by atoms with Crippen molar-refractivity contribution in [1.29, 1.82) is 0 Å². The third kappa shape index (κ3) is 4.75. The van der Waals surface area contributed by atoms with Crippen LogP contribution >= 0.6 is 0 Å². The van der Waals surface area contributed by atoms with Gasteiger partial charge in [-0.15, -0.1) is 0 Å². The minimum absolute atomic E-state index is 0.302. The Labute approximate surface area is 194 Å². The average Bonchev–Trinajstić information content (AvgIpc) is 3.29. The summed E-state index contributed by atoms with van der Waals surface area (Å²) in [7, 11) is -3.55. The Morgan fingerprint density at radius 1 is 0.879 bits per heavy atom. The predicted molar refractivity (Wildman–Crippen MR) is 132 cm³/mol. The van der Waals surface area contributed by atoms with Crippen LogP contribution < -0.4 is 0 Å². The predicted octanol–water partition coefficient (Wildman–Crippen LogP) is 4.25. The van der Waals surface area contributed by atoms with Crippen molar-refractivity contribution in [1.82, 2.24) is 19.2 Å². The van der Waals surface area contributed by atoms with E-state index in [1.165, 1.54) is 5.56 Å². The molecule has 168 valence electrons. The summed E-state index contributed by atoms with van der Waals surface area (Å²) in [5, 5.41) is 0. The third-order valence-electron chi connectivity index (χ3n) is 5.94. The number of H-pyrrole nitrogens is 1. The number of rotatable bonds is 6. The highest BCUT2D eigenvalue weighted by molar-refractivity contribution is 7.89.